The molecule has 0 saturated heterocycles. The average molecular weight is 314 g/mol. The molecule has 2 aromatic rings. The third-order valence-electron chi connectivity index (χ3n) is 3.67. The third kappa shape index (κ3) is 4.00. The highest BCUT2D eigenvalue weighted by molar-refractivity contribution is 5.93. The summed E-state index contributed by atoms with van der Waals surface area (Å²) in [5, 5.41) is 2.83. The van der Waals surface area contributed by atoms with Gasteiger partial charge in [-0.2, -0.15) is 0 Å². The number of pyridine rings is 1. The Morgan fingerprint density at radius 2 is 1.91 bits per heavy atom. The number of anilines is 1. The van der Waals surface area contributed by atoms with Crippen molar-refractivity contribution in [3.8, 4) is 5.75 Å². The van der Waals surface area contributed by atoms with Gasteiger partial charge in [-0.15, -0.1) is 0 Å². The monoisotopic (exact) mass is 314 g/mol. The number of benzene rings is 1. The van der Waals surface area contributed by atoms with Crippen molar-refractivity contribution in [3.05, 3.63) is 58.5 Å². The minimum Gasteiger partial charge on any atom is -0.488 e. The summed E-state index contributed by atoms with van der Waals surface area (Å²) in [7, 11) is 0. The Labute approximate surface area is 135 Å². The highest BCUT2D eigenvalue weighted by Gasteiger charge is 2.17. The van der Waals surface area contributed by atoms with Crippen molar-refractivity contribution < 1.29 is 9.53 Å². The van der Waals surface area contributed by atoms with Gasteiger partial charge in [0.1, 0.15) is 6.04 Å². The number of aryl methyl sites for hydroxylation is 1. The van der Waals surface area contributed by atoms with E-state index in [9.17, 15) is 9.59 Å². The number of carbonyl (C=O) groups is 1. The molecule has 0 bridgehead atoms. The second-order valence-electron chi connectivity index (χ2n) is 5.23. The first-order valence-corrected chi connectivity index (χ1v) is 7.80. The quantitative estimate of drug-likeness (QED) is 0.891. The van der Waals surface area contributed by atoms with Gasteiger partial charge in [0.25, 0.3) is 5.56 Å². The minimum absolute atomic E-state index is 0.245. The number of carbonyl (C=O) groups excluding carboxylic acids is 1. The van der Waals surface area contributed by atoms with Crippen molar-refractivity contribution in [2.75, 3.05) is 11.9 Å². The molecule has 1 atom stereocenters. The molecule has 0 spiro atoms. The van der Waals surface area contributed by atoms with Crippen molar-refractivity contribution >= 4 is 11.6 Å². The van der Waals surface area contributed by atoms with Gasteiger partial charge >= 0.3 is 0 Å². The molecule has 1 amide bonds. The first-order chi connectivity index (χ1) is 11.1. The van der Waals surface area contributed by atoms with Crippen LogP contribution in [0.3, 0.4) is 0 Å². The Morgan fingerprint density at radius 1 is 1.22 bits per heavy atom. The molecule has 1 heterocycles. The number of amides is 1. The zero-order valence-electron chi connectivity index (χ0n) is 13.7. The zero-order chi connectivity index (χ0) is 16.8. The van der Waals surface area contributed by atoms with Gasteiger partial charge in [0, 0.05) is 11.9 Å². The Hall–Kier alpha value is -2.56. The molecule has 23 heavy (non-hydrogen) atoms. The van der Waals surface area contributed by atoms with E-state index >= 15 is 0 Å². The van der Waals surface area contributed by atoms with Gasteiger partial charge < -0.3 is 14.6 Å². The number of hydrogen-bond acceptors (Lipinski definition) is 3. The van der Waals surface area contributed by atoms with E-state index in [1.54, 1.807) is 25.3 Å². The number of nitrogens with one attached hydrogen (secondary N) is 1. The fraction of sp³-hybridized carbons (Fsp3) is 0.333. The molecule has 0 fully saturated rings. The summed E-state index contributed by atoms with van der Waals surface area (Å²) in [5.41, 5.74) is 1.61. The molecule has 1 N–H and O–H groups in total. The van der Waals surface area contributed by atoms with Crippen LogP contribution in [0.5, 0.6) is 5.75 Å². The number of hydrogen-bond donors (Lipinski definition) is 1. The van der Waals surface area contributed by atoms with Gasteiger partial charge in [-0.05, 0) is 50.1 Å². The van der Waals surface area contributed by atoms with E-state index in [0.717, 1.165) is 6.42 Å². The molecule has 2 rings (SSSR count). The first kappa shape index (κ1) is 16.8. The minimum atomic E-state index is -0.631. The largest absolute Gasteiger partial charge is 0.488 e. The zero-order valence-corrected chi connectivity index (χ0v) is 13.7. The lowest BCUT2D eigenvalue weighted by Gasteiger charge is -2.16. The number of nitrogens with zero attached hydrogens (tertiary/aromatic N) is 1. The number of aromatic nitrogens is 1. The highest BCUT2D eigenvalue weighted by atomic mass is 16.5. The Morgan fingerprint density at radius 3 is 2.52 bits per heavy atom. The van der Waals surface area contributed by atoms with Gasteiger partial charge in [0.05, 0.1) is 6.61 Å². The molecule has 5 heteroatoms. The summed E-state index contributed by atoms with van der Waals surface area (Å²) in [6.45, 7) is 5.98. The molecule has 1 unspecified atom stereocenters. The maximum absolute atomic E-state index is 12.4. The predicted octanol–water partition coefficient (Wildman–Crippen LogP) is 3.01. The normalized spacial score (nSPS) is 11.8. The molecule has 0 aliphatic heterocycles. The maximum atomic E-state index is 12.4. The van der Waals surface area contributed by atoms with E-state index in [1.807, 2.05) is 31.2 Å². The number of rotatable bonds is 6. The van der Waals surface area contributed by atoms with Crippen LogP contribution in [-0.2, 0) is 11.2 Å². The van der Waals surface area contributed by atoms with Crippen molar-refractivity contribution in [3.63, 3.8) is 0 Å². The number of ether oxygens (including phenoxy) is 1. The molecule has 5 nitrogen and oxygen atoms in total. The lowest BCUT2D eigenvalue weighted by Crippen LogP contribution is -2.31. The Bertz CT molecular complexity index is 720. The summed E-state index contributed by atoms with van der Waals surface area (Å²) in [6, 6.07) is 10.4. The van der Waals surface area contributed by atoms with Gasteiger partial charge in [0.15, 0.2) is 5.75 Å². The van der Waals surface area contributed by atoms with E-state index in [-0.39, 0.29) is 17.2 Å². The smallest absolute Gasteiger partial charge is 0.293 e. The lowest BCUT2D eigenvalue weighted by atomic mass is 10.1. The van der Waals surface area contributed by atoms with Crippen molar-refractivity contribution in [1.29, 1.82) is 0 Å². The molecule has 1 aromatic heterocycles. The van der Waals surface area contributed by atoms with E-state index < -0.39 is 6.04 Å². The lowest BCUT2D eigenvalue weighted by molar-refractivity contribution is -0.118. The second-order valence-corrected chi connectivity index (χ2v) is 5.23. The van der Waals surface area contributed by atoms with Crippen LogP contribution >= 0.6 is 0 Å². The fourth-order valence-corrected chi connectivity index (χ4v) is 2.26. The van der Waals surface area contributed by atoms with Gasteiger partial charge in [0.2, 0.25) is 5.91 Å². The summed E-state index contributed by atoms with van der Waals surface area (Å²) < 4.78 is 6.66. The van der Waals surface area contributed by atoms with Gasteiger partial charge in [-0.25, -0.2) is 0 Å². The third-order valence-corrected chi connectivity index (χ3v) is 3.67. The van der Waals surface area contributed by atoms with E-state index in [0.29, 0.717) is 12.3 Å². The molecular weight excluding hydrogens is 292 g/mol. The summed E-state index contributed by atoms with van der Waals surface area (Å²) >= 11 is 0. The molecule has 0 saturated carbocycles. The maximum Gasteiger partial charge on any atom is 0.293 e. The highest BCUT2D eigenvalue weighted by Crippen LogP contribution is 2.13. The summed E-state index contributed by atoms with van der Waals surface area (Å²) in [5.74, 6) is 0.00643. The Balaban J connectivity index is 2.16. The van der Waals surface area contributed by atoms with Crippen LogP contribution in [0.25, 0.3) is 0 Å². The standard InChI is InChI=1S/C18H22N2O3/c1-4-14-8-10-15(11-9-14)19-17(21)13(3)20-12-6-7-16(18(20)22)23-5-2/h6-13H,4-5H2,1-3H3,(H,19,21). The summed E-state index contributed by atoms with van der Waals surface area (Å²) in [4.78, 5) is 24.7. The SMILES string of the molecule is CCOc1cccn(C(C)C(=O)Nc2ccc(CC)cc2)c1=O. The van der Waals surface area contributed by atoms with Crippen LogP contribution in [0.2, 0.25) is 0 Å². The molecule has 0 radical (unpaired) electrons. The van der Waals surface area contributed by atoms with E-state index in [2.05, 4.69) is 12.2 Å². The predicted molar refractivity (Wildman–Crippen MR) is 91.0 cm³/mol. The first-order valence-electron chi connectivity index (χ1n) is 7.80. The average Bonchev–Trinajstić information content (AvgIpc) is 2.57. The molecule has 122 valence electrons. The molecule has 1 aromatic carbocycles. The van der Waals surface area contributed by atoms with E-state index in [4.69, 9.17) is 4.74 Å². The van der Waals surface area contributed by atoms with Crippen molar-refractivity contribution in [1.82, 2.24) is 4.57 Å². The molecule has 0 aliphatic rings. The van der Waals surface area contributed by atoms with Crippen LogP contribution in [0.1, 0.15) is 32.4 Å². The van der Waals surface area contributed by atoms with Crippen molar-refractivity contribution in [2.45, 2.75) is 33.2 Å². The van der Waals surface area contributed by atoms with Gasteiger partial charge in [-0.1, -0.05) is 19.1 Å². The molecular formula is C18H22N2O3. The van der Waals surface area contributed by atoms with Crippen LogP contribution in [-0.4, -0.2) is 17.1 Å². The molecule has 0 aliphatic carbocycles. The van der Waals surface area contributed by atoms with Crippen LogP contribution in [0.4, 0.5) is 5.69 Å². The topological polar surface area (TPSA) is 60.3 Å². The summed E-state index contributed by atoms with van der Waals surface area (Å²) in [6.07, 6.45) is 2.54. The Kier molecular flexibility index (Phi) is 5.57. The van der Waals surface area contributed by atoms with Gasteiger partial charge in [-0.3, -0.25) is 9.59 Å². The second kappa shape index (κ2) is 7.63. The van der Waals surface area contributed by atoms with Crippen LogP contribution in [0.15, 0.2) is 47.4 Å². The van der Waals surface area contributed by atoms with E-state index in [1.165, 1.54) is 10.1 Å². The van der Waals surface area contributed by atoms with Crippen molar-refractivity contribution in [2.24, 2.45) is 0 Å². The fourth-order valence-electron chi connectivity index (χ4n) is 2.26. The van der Waals surface area contributed by atoms with Crippen LogP contribution < -0.4 is 15.6 Å². The van der Waals surface area contributed by atoms with Crippen LogP contribution in [0, 0.1) is 0 Å².